The van der Waals surface area contributed by atoms with Gasteiger partial charge in [-0.1, -0.05) is 28.1 Å². The summed E-state index contributed by atoms with van der Waals surface area (Å²) in [4.78, 5) is 4.25. The molecule has 5 nitrogen and oxygen atoms in total. The molecular formula is C17H15BrN2O3S2. The molecule has 8 heteroatoms. The molecule has 0 aliphatic carbocycles. The van der Waals surface area contributed by atoms with Crippen LogP contribution in [0.1, 0.15) is 5.56 Å². The number of nitrogens with zero attached hydrogens (tertiary/aromatic N) is 2. The zero-order valence-corrected chi connectivity index (χ0v) is 16.7. The van der Waals surface area contributed by atoms with Crippen molar-refractivity contribution in [1.29, 1.82) is 0 Å². The normalized spacial score (nSPS) is 11.5. The second-order valence-corrected chi connectivity index (χ2v) is 9.58. The van der Waals surface area contributed by atoms with Gasteiger partial charge in [-0.2, -0.15) is 0 Å². The van der Waals surface area contributed by atoms with Crippen molar-refractivity contribution >= 4 is 43.0 Å². The van der Waals surface area contributed by atoms with E-state index in [1.807, 2.05) is 24.3 Å². The monoisotopic (exact) mass is 438 g/mol. The van der Waals surface area contributed by atoms with E-state index in [4.69, 9.17) is 0 Å². The number of benzene rings is 2. The van der Waals surface area contributed by atoms with Gasteiger partial charge in [-0.05, 0) is 42.8 Å². The van der Waals surface area contributed by atoms with Crippen molar-refractivity contribution in [2.45, 2.75) is 11.1 Å². The predicted molar refractivity (Wildman–Crippen MR) is 104 cm³/mol. The van der Waals surface area contributed by atoms with Crippen molar-refractivity contribution in [1.82, 2.24) is 4.98 Å². The van der Waals surface area contributed by atoms with Gasteiger partial charge in [0.05, 0.1) is 11.9 Å². The molecule has 0 radical (unpaired) electrons. The summed E-state index contributed by atoms with van der Waals surface area (Å²) in [6.07, 6.45) is 1.38. The minimum Gasteiger partial charge on any atom is -0.508 e. The lowest BCUT2D eigenvalue weighted by atomic mass is 10.2. The van der Waals surface area contributed by atoms with E-state index in [-0.39, 0.29) is 9.96 Å². The maximum atomic E-state index is 12.9. The van der Waals surface area contributed by atoms with E-state index < -0.39 is 10.0 Å². The molecule has 0 unspecified atom stereocenters. The Morgan fingerprint density at radius 2 is 1.84 bits per heavy atom. The lowest BCUT2D eigenvalue weighted by Gasteiger charge is -2.18. The third-order valence-electron chi connectivity index (χ3n) is 3.73. The molecule has 0 atom stereocenters. The molecule has 0 saturated heterocycles. The van der Waals surface area contributed by atoms with E-state index in [0.717, 1.165) is 21.4 Å². The average molecular weight is 439 g/mol. The molecule has 0 aliphatic rings. The van der Waals surface area contributed by atoms with Gasteiger partial charge in [-0.3, -0.25) is 4.31 Å². The van der Waals surface area contributed by atoms with Crippen LogP contribution in [0.4, 0.5) is 5.69 Å². The number of hydrogen-bond acceptors (Lipinski definition) is 5. The van der Waals surface area contributed by atoms with Crippen molar-refractivity contribution < 1.29 is 13.5 Å². The Bertz CT molecular complexity index is 1010. The minimum absolute atomic E-state index is 0.130. The number of aromatic hydroxyl groups is 1. The first kappa shape index (κ1) is 17.9. The summed E-state index contributed by atoms with van der Waals surface area (Å²) in [7, 11) is -2.23. The highest BCUT2D eigenvalue weighted by Gasteiger charge is 2.24. The number of aryl methyl sites for hydroxylation is 1. The fraction of sp³-hybridized carbons (Fsp3) is 0.118. The van der Waals surface area contributed by atoms with Crippen LogP contribution in [-0.4, -0.2) is 25.6 Å². The van der Waals surface area contributed by atoms with Gasteiger partial charge in [0.15, 0.2) is 4.21 Å². The molecule has 3 aromatic rings. The molecular weight excluding hydrogens is 424 g/mol. The summed E-state index contributed by atoms with van der Waals surface area (Å²) in [5, 5.41) is 10.3. The number of sulfonamides is 1. The van der Waals surface area contributed by atoms with Crippen LogP contribution >= 0.6 is 27.3 Å². The number of rotatable bonds is 4. The maximum absolute atomic E-state index is 12.9. The van der Waals surface area contributed by atoms with Gasteiger partial charge in [0.1, 0.15) is 10.8 Å². The molecule has 2 aromatic carbocycles. The lowest BCUT2D eigenvalue weighted by Crippen LogP contribution is -2.25. The molecule has 1 aromatic heterocycles. The van der Waals surface area contributed by atoms with Crippen LogP contribution in [0, 0.1) is 6.92 Å². The summed E-state index contributed by atoms with van der Waals surface area (Å²) >= 11 is 4.50. The molecule has 0 aliphatic heterocycles. The highest BCUT2D eigenvalue weighted by atomic mass is 79.9. The lowest BCUT2D eigenvalue weighted by molar-refractivity contribution is 0.471. The molecule has 3 rings (SSSR count). The number of aromatic nitrogens is 1. The standard InChI is InChI=1S/C17H15BrN2O3S2/c1-11-9-14(7-8-15(11)21)20(2)25(22,23)16-10-19-17(24-16)12-3-5-13(18)6-4-12/h3-10,21H,1-2H3. The topological polar surface area (TPSA) is 70.5 Å². The first-order chi connectivity index (χ1) is 11.8. The van der Waals surface area contributed by atoms with E-state index >= 15 is 0 Å². The van der Waals surface area contributed by atoms with Gasteiger partial charge in [0.2, 0.25) is 0 Å². The van der Waals surface area contributed by atoms with Crippen molar-refractivity contribution in [3.63, 3.8) is 0 Å². The van der Waals surface area contributed by atoms with Crippen LogP contribution in [0.2, 0.25) is 0 Å². The first-order valence-electron chi connectivity index (χ1n) is 7.29. The maximum Gasteiger partial charge on any atom is 0.275 e. The molecule has 130 valence electrons. The van der Waals surface area contributed by atoms with Crippen LogP contribution in [0.25, 0.3) is 10.6 Å². The second kappa shape index (κ2) is 6.78. The number of thiazole rings is 1. The van der Waals surface area contributed by atoms with Gasteiger partial charge in [-0.15, -0.1) is 11.3 Å². The molecule has 1 heterocycles. The highest BCUT2D eigenvalue weighted by Crippen LogP contribution is 2.32. The summed E-state index contributed by atoms with van der Waals surface area (Å²) in [6, 6.07) is 12.2. The quantitative estimate of drug-likeness (QED) is 0.654. The number of phenolic OH excluding ortho intramolecular Hbond substituents is 1. The Morgan fingerprint density at radius 3 is 2.48 bits per heavy atom. The van der Waals surface area contributed by atoms with Gasteiger partial charge in [0, 0.05) is 17.1 Å². The Balaban J connectivity index is 1.94. The molecule has 0 spiro atoms. The van der Waals surface area contributed by atoms with Crippen molar-refractivity contribution in [2.24, 2.45) is 0 Å². The third-order valence-corrected chi connectivity index (χ3v) is 7.53. The first-order valence-corrected chi connectivity index (χ1v) is 10.3. The van der Waals surface area contributed by atoms with E-state index in [1.54, 1.807) is 19.1 Å². The van der Waals surface area contributed by atoms with Crippen LogP contribution < -0.4 is 4.31 Å². The molecule has 0 bridgehead atoms. The SMILES string of the molecule is Cc1cc(N(C)S(=O)(=O)c2cnc(-c3ccc(Br)cc3)s2)ccc1O. The van der Waals surface area contributed by atoms with Crippen LogP contribution in [0.15, 0.2) is 57.3 Å². The minimum atomic E-state index is -3.72. The third kappa shape index (κ3) is 3.56. The molecule has 0 fully saturated rings. The van der Waals surface area contributed by atoms with Crippen molar-refractivity contribution in [3.05, 3.63) is 58.7 Å². The smallest absolute Gasteiger partial charge is 0.275 e. The predicted octanol–water partition coefficient (Wildman–Crippen LogP) is 4.41. The average Bonchev–Trinajstić information content (AvgIpc) is 3.08. The van der Waals surface area contributed by atoms with E-state index in [9.17, 15) is 13.5 Å². The largest absolute Gasteiger partial charge is 0.508 e. The van der Waals surface area contributed by atoms with Crippen LogP contribution in [0.3, 0.4) is 0 Å². The zero-order chi connectivity index (χ0) is 18.2. The Kier molecular flexibility index (Phi) is 4.86. The molecule has 1 N–H and O–H groups in total. The van der Waals surface area contributed by atoms with Crippen molar-refractivity contribution in [2.75, 3.05) is 11.4 Å². The Labute approximate surface area is 158 Å². The Morgan fingerprint density at radius 1 is 1.16 bits per heavy atom. The molecule has 25 heavy (non-hydrogen) atoms. The van der Waals surface area contributed by atoms with Gasteiger partial charge in [-0.25, -0.2) is 13.4 Å². The number of halogens is 1. The highest BCUT2D eigenvalue weighted by molar-refractivity contribution is 9.10. The summed E-state index contributed by atoms with van der Waals surface area (Å²) in [6.45, 7) is 1.72. The zero-order valence-electron chi connectivity index (χ0n) is 13.5. The van der Waals surface area contributed by atoms with E-state index in [2.05, 4.69) is 20.9 Å². The van der Waals surface area contributed by atoms with Gasteiger partial charge in [0.25, 0.3) is 10.0 Å². The number of hydrogen-bond donors (Lipinski definition) is 1. The van der Waals surface area contributed by atoms with E-state index in [1.165, 1.54) is 23.6 Å². The fourth-order valence-electron chi connectivity index (χ4n) is 2.21. The Hall–Kier alpha value is -1.90. The fourth-order valence-corrected chi connectivity index (χ4v) is 4.97. The van der Waals surface area contributed by atoms with E-state index in [0.29, 0.717) is 16.3 Å². The number of phenols is 1. The summed E-state index contributed by atoms with van der Waals surface area (Å²) in [5.41, 5.74) is 1.95. The van der Waals surface area contributed by atoms with Crippen LogP contribution in [0.5, 0.6) is 5.75 Å². The van der Waals surface area contributed by atoms with Gasteiger partial charge >= 0.3 is 0 Å². The summed E-state index contributed by atoms with van der Waals surface area (Å²) < 4.78 is 28.0. The van der Waals surface area contributed by atoms with Crippen LogP contribution in [-0.2, 0) is 10.0 Å². The number of anilines is 1. The van der Waals surface area contributed by atoms with Gasteiger partial charge < -0.3 is 5.11 Å². The van der Waals surface area contributed by atoms with Crippen molar-refractivity contribution in [3.8, 4) is 16.3 Å². The molecule has 0 amide bonds. The second-order valence-electron chi connectivity index (χ2n) is 5.43. The summed E-state index contributed by atoms with van der Waals surface area (Å²) in [5.74, 6) is 0.130. The molecule has 0 saturated carbocycles.